The Hall–Kier alpha value is -2.31. The summed E-state index contributed by atoms with van der Waals surface area (Å²) >= 11 is 0. The van der Waals surface area contributed by atoms with Crippen LogP contribution in [0.2, 0.25) is 0 Å². The van der Waals surface area contributed by atoms with Crippen LogP contribution in [0.25, 0.3) is 0 Å². The highest BCUT2D eigenvalue weighted by Crippen LogP contribution is 2.34. The molecule has 0 amide bonds. The Bertz CT molecular complexity index is 915. The van der Waals surface area contributed by atoms with Gasteiger partial charge in [-0.05, 0) is 56.7 Å². The van der Waals surface area contributed by atoms with Crippen molar-refractivity contribution in [2.75, 3.05) is 0 Å². The van der Waals surface area contributed by atoms with Gasteiger partial charge < -0.3 is 0 Å². The number of hydrogen-bond acceptors (Lipinski definition) is 3. The van der Waals surface area contributed by atoms with Crippen LogP contribution < -0.4 is 0 Å². The first-order valence-corrected chi connectivity index (χ1v) is 14.0. The summed E-state index contributed by atoms with van der Waals surface area (Å²) in [5, 5.41) is 15.4. The van der Waals surface area contributed by atoms with Gasteiger partial charge in [0.1, 0.15) is 0 Å². The highest BCUT2D eigenvalue weighted by Gasteiger charge is 2.31. The summed E-state index contributed by atoms with van der Waals surface area (Å²) in [7, 11) is -0.188. The largest absolute Gasteiger partial charge is 0.568 e. The first-order chi connectivity index (χ1) is 16.8. The van der Waals surface area contributed by atoms with E-state index in [9.17, 15) is 0 Å². The zero-order chi connectivity index (χ0) is 22.7. The molecule has 0 N–H and O–H groups in total. The maximum absolute atomic E-state index is 5.13. The van der Waals surface area contributed by atoms with Crippen molar-refractivity contribution in [3.63, 3.8) is 0 Å². The van der Waals surface area contributed by atoms with Gasteiger partial charge in [0.2, 0.25) is 0 Å². The Labute approximate surface area is 204 Å². The molecule has 6 rings (SSSR count). The summed E-state index contributed by atoms with van der Waals surface area (Å²) in [4.78, 5) is 0. The predicted octanol–water partition coefficient (Wildman–Crippen LogP) is 6.35. The van der Waals surface area contributed by atoms with Crippen LogP contribution in [-0.4, -0.2) is 36.2 Å². The topological polar surface area (TPSA) is 53.5 Å². The van der Waals surface area contributed by atoms with E-state index in [1.54, 1.807) is 0 Å². The molecule has 0 spiro atoms. The van der Waals surface area contributed by atoms with Crippen molar-refractivity contribution in [1.82, 2.24) is 29.1 Å². The summed E-state index contributed by atoms with van der Waals surface area (Å²) in [5.41, 5.74) is 3.72. The van der Waals surface area contributed by atoms with E-state index in [-0.39, 0.29) is 7.12 Å². The first-order valence-electron chi connectivity index (χ1n) is 14.0. The summed E-state index contributed by atoms with van der Waals surface area (Å²) in [6, 6.07) is 6.71. The zero-order valence-corrected chi connectivity index (χ0v) is 20.6. The normalized spacial score (nSPS) is 21.2. The monoisotopic (exact) mass is 458 g/mol. The molecule has 0 unspecified atom stereocenters. The van der Waals surface area contributed by atoms with Crippen LogP contribution in [0.3, 0.4) is 0 Å². The molecule has 7 heteroatoms. The van der Waals surface area contributed by atoms with Crippen LogP contribution in [0.5, 0.6) is 0 Å². The van der Waals surface area contributed by atoms with Crippen LogP contribution in [0.4, 0.5) is 0 Å². The molecule has 3 fully saturated rings. The molecule has 0 bridgehead atoms. The Kier molecular flexibility index (Phi) is 6.61. The van der Waals surface area contributed by atoms with E-state index in [2.05, 4.69) is 50.6 Å². The number of aromatic nitrogens is 6. The summed E-state index contributed by atoms with van der Waals surface area (Å²) in [5.74, 6) is 1.80. The fourth-order valence-electron chi connectivity index (χ4n) is 6.66. The number of hydrogen-bond donors (Lipinski definition) is 0. The van der Waals surface area contributed by atoms with Crippen LogP contribution >= 0.6 is 0 Å². The van der Waals surface area contributed by atoms with Gasteiger partial charge in [-0.15, -0.1) is 0 Å². The molecule has 0 aromatic carbocycles. The van der Waals surface area contributed by atoms with E-state index in [1.807, 2.05) is 0 Å². The van der Waals surface area contributed by atoms with Gasteiger partial charge in [-0.3, -0.25) is 13.8 Å². The number of nitrogens with zero attached hydrogens (tertiary/aromatic N) is 6. The molecule has 3 heterocycles. The average Bonchev–Trinajstić information content (AvgIpc) is 3.68. The third-order valence-corrected chi connectivity index (χ3v) is 8.67. The van der Waals surface area contributed by atoms with E-state index >= 15 is 0 Å². The van der Waals surface area contributed by atoms with E-state index < -0.39 is 0 Å². The first kappa shape index (κ1) is 22.2. The lowest BCUT2D eigenvalue weighted by Gasteiger charge is -2.21. The fraction of sp³-hybridized carbons (Fsp3) is 0.667. The molecular weight excluding hydrogens is 419 g/mol. The van der Waals surface area contributed by atoms with Crippen molar-refractivity contribution in [1.29, 1.82) is 0 Å². The van der Waals surface area contributed by atoms with Gasteiger partial charge in [-0.25, -0.2) is 0 Å². The van der Waals surface area contributed by atoms with E-state index in [1.165, 1.54) is 113 Å². The molecule has 0 radical (unpaired) electrons. The fourth-order valence-corrected chi connectivity index (χ4v) is 6.66. The molecule has 6 nitrogen and oxygen atoms in total. The van der Waals surface area contributed by atoms with Crippen molar-refractivity contribution in [2.24, 2.45) is 0 Å². The van der Waals surface area contributed by atoms with Gasteiger partial charge in [0, 0.05) is 36.3 Å². The molecule has 0 saturated heterocycles. The second-order valence-electron chi connectivity index (χ2n) is 11.0. The molecule has 34 heavy (non-hydrogen) atoms. The van der Waals surface area contributed by atoms with Gasteiger partial charge in [0.15, 0.2) is 0 Å². The van der Waals surface area contributed by atoms with E-state index in [0.29, 0.717) is 17.8 Å². The molecule has 0 atom stereocenters. The molecule has 3 aliphatic carbocycles. The Balaban J connectivity index is 1.32. The summed E-state index contributed by atoms with van der Waals surface area (Å²) < 4.78 is 6.29. The lowest BCUT2D eigenvalue weighted by atomic mass is 9.87. The second kappa shape index (κ2) is 10.1. The van der Waals surface area contributed by atoms with Gasteiger partial charge in [0.05, 0.1) is 17.1 Å². The zero-order valence-electron chi connectivity index (χ0n) is 20.6. The molecule has 3 saturated carbocycles. The highest BCUT2D eigenvalue weighted by molar-refractivity contribution is 6.52. The lowest BCUT2D eigenvalue weighted by Crippen LogP contribution is -2.43. The third kappa shape index (κ3) is 4.63. The third-order valence-electron chi connectivity index (χ3n) is 8.67. The van der Waals surface area contributed by atoms with Crippen LogP contribution in [0.1, 0.15) is 131 Å². The molecule has 3 aromatic rings. The summed E-state index contributed by atoms with van der Waals surface area (Å²) in [6.07, 6.45) is 26.1. The minimum Gasteiger partial charge on any atom is -0.268 e. The number of rotatable bonds is 6. The Morgan fingerprint density at radius 1 is 0.471 bits per heavy atom. The molecule has 3 aliphatic rings. The molecular formula is C27H39BN6. The van der Waals surface area contributed by atoms with Gasteiger partial charge >= 0.3 is 7.12 Å². The maximum Gasteiger partial charge on any atom is 0.568 e. The van der Waals surface area contributed by atoms with Gasteiger partial charge in [-0.1, -0.05) is 57.8 Å². The van der Waals surface area contributed by atoms with Crippen molar-refractivity contribution in [3.8, 4) is 0 Å². The minimum atomic E-state index is -0.188. The molecule has 180 valence electrons. The highest BCUT2D eigenvalue weighted by atomic mass is 15.4. The predicted molar refractivity (Wildman–Crippen MR) is 136 cm³/mol. The lowest BCUT2D eigenvalue weighted by molar-refractivity contribution is 0.433. The summed E-state index contributed by atoms with van der Waals surface area (Å²) in [6.45, 7) is 0. The van der Waals surface area contributed by atoms with Crippen LogP contribution in [0.15, 0.2) is 36.8 Å². The quantitative estimate of drug-likeness (QED) is 0.405. The SMILES string of the molecule is c1cn(B(n2ccc(C3CCCCC3)n2)n2ccc(C3CCCCC3)n2)nc1C1CCCCC1. The van der Waals surface area contributed by atoms with Crippen molar-refractivity contribution in [2.45, 2.75) is 114 Å². The van der Waals surface area contributed by atoms with Crippen molar-refractivity contribution >= 4 is 7.12 Å². The van der Waals surface area contributed by atoms with Gasteiger partial charge in [0.25, 0.3) is 0 Å². The van der Waals surface area contributed by atoms with E-state index in [0.717, 1.165) is 0 Å². The van der Waals surface area contributed by atoms with Crippen molar-refractivity contribution < 1.29 is 0 Å². The standard InChI is InChI=1S/C27H39BN6/c1-4-10-22(11-5-1)25-16-19-32(29-25)28(33-20-17-26(30-33)23-12-6-2-7-13-23)34-21-18-27(31-34)24-14-8-3-9-15-24/h16-24H,1-15H2. The van der Waals surface area contributed by atoms with E-state index in [4.69, 9.17) is 15.3 Å². The molecule has 3 aromatic heterocycles. The second-order valence-corrected chi connectivity index (χ2v) is 11.0. The minimum absolute atomic E-state index is 0.188. The smallest absolute Gasteiger partial charge is 0.268 e. The Morgan fingerprint density at radius 2 is 0.765 bits per heavy atom. The van der Waals surface area contributed by atoms with Gasteiger partial charge in [-0.2, -0.15) is 15.3 Å². The Morgan fingerprint density at radius 3 is 1.06 bits per heavy atom. The maximum atomic E-state index is 5.13. The average molecular weight is 458 g/mol. The van der Waals surface area contributed by atoms with Crippen LogP contribution in [-0.2, 0) is 0 Å². The molecule has 0 aliphatic heterocycles. The van der Waals surface area contributed by atoms with Crippen molar-refractivity contribution in [3.05, 3.63) is 53.9 Å². The van der Waals surface area contributed by atoms with Crippen LogP contribution in [0, 0.1) is 0 Å².